The Bertz CT molecular complexity index is 337. The molecule has 0 N–H and O–H groups in total. The number of hydrogen-bond donors (Lipinski definition) is 0. The van der Waals surface area contributed by atoms with Gasteiger partial charge < -0.3 is 14.4 Å². The highest BCUT2D eigenvalue weighted by Crippen LogP contribution is 2.16. The number of aromatic nitrogens is 1. The van der Waals surface area contributed by atoms with Crippen molar-refractivity contribution < 1.29 is 9.47 Å². The van der Waals surface area contributed by atoms with Crippen molar-refractivity contribution in [3.8, 4) is 0 Å². The van der Waals surface area contributed by atoms with Crippen molar-refractivity contribution in [3.63, 3.8) is 0 Å². The summed E-state index contributed by atoms with van der Waals surface area (Å²) in [4.78, 5) is 6.47. The van der Waals surface area contributed by atoms with Crippen LogP contribution in [0.3, 0.4) is 0 Å². The number of rotatable bonds is 9. The lowest BCUT2D eigenvalue weighted by molar-refractivity contribution is 0.191. The van der Waals surface area contributed by atoms with Crippen molar-refractivity contribution in [1.82, 2.24) is 4.98 Å². The van der Waals surface area contributed by atoms with Gasteiger partial charge in [0, 0.05) is 45.8 Å². The Balaban J connectivity index is 2.66. The average Bonchev–Trinajstić information content (AvgIpc) is 2.42. The van der Waals surface area contributed by atoms with Gasteiger partial charge in [-0.15, -0.1) is 11.6 Å². The van der Waals surface area contributed by atoms with E-state index in [4.69, 9.17) is 21.1 Å². The van der Waals surface area contributed by atoms with Gasteiger partial charge in [-0.05, 0) is 18.6 Å². The first-order valence-electron chi connectivity index (χ1n) is 6.05. The first-order valence-corrected chi connectivity index (χ1v) is 6.59. The van der Waals surface area contributed by atoms with Gasteiger partial charge in [-0.2, -0.15) is 0 Å². The minimum absolute atomic E-state index is 0.435. The molecule has 0 saturated heterocycles. The topological polar surface area (TPSA) is 34.6 Å². The van der Waals surface area contributed by atoms with Crippen molar-refractivity contribution in [1.29, 1.82) is 0 Å². The third kappa shape index (κ3) is 5.21. The Morgan fingerprint density at radius 2 is 2.00 bits per heavy atom. The zero-order chi connectivity index (χ0) is 13.2. The van der Waals surface area contributed by atoms with Crippen LogP contribution in [-0.4, -0.2) is 45.5 Å². The van der Waals surface area contributed by atoms with Crippen molar-refractivity contribution in [2.75, 3.05) is 45.4 Å². The lowest BCUT2D eigenvalue weighted by Gasteiger charge is -2.24. The van der Waals surface area contributed by atoms with Gasteiger partial charge in [0.15, 0.2) is 0 Å². The molecular weight excluding hydrogens is 252 g/mol. The van der Waals surface area contributed by atoms with E-state index in [1.165, 1.54) is 0 Å². The summed E-state index contributed by atoms with van der Waals surface area (Å²) in [6.45, 7) is 3.25. The lowest BCUT2D eigenvalue weighted by Crippen LogP contribution is -2.29. The molecule has 0 unspecified atom stereocenters. The molecule has 4 nitrogen and oxygen atoms in total. The van der Waals surface area contributed by atoms with Gasteiger partial charge in [0.05, 0.1) is 18.2 Å². The van der Waals surface area contributed by atoms with Crippen LogP contribution in [0, 0.1) is 0 Å². The fraction of sp³-hybridized carbons (Fsp3) is 0.615. The molecule has 0 aliphatic heterocycles. The molecule has 0 atom stereocenters. The maximum atomic E-state index is 5.81. The summed E-state index contributed by atoms with van der Waals surface area (Å²) in [7, 11) is 3.43. The van der Waals surface area contributed by atoms with Crippen LogP contribution in [0.4, 0.5) is 5.69 Å². The summed E-state index contributed by atoms with van der Waals surface area (Å²) in [6, 6.07) is 4.02. The Hall–Kier alpha value is -0.840. The van der Waals surface area contributed by atoms with Gasteiger partial charge >= 0.3 is 0 Å². The van der Waals surface area contributed by atoms with E-state index in [2.05, 4.69) is 9.88 Å². The molecule has 0 aliphatic rings. The lowest BCUT2D eigenvalue weighted by atomic mass is 10.2. The second-order valence-electron chi connectivity index (χ2n) is 3.97. The van der Waals surface area contributed by atoms with E-state index in [0.717, 1.165) is 37.5 Å². The summed E-state index contributed by atoms with van der Waals surface area (Å²) in [5.41, 5.74) is 2.03. The molecule has 0 spiro atoms. The van der Waals surface area contributed by atoms with Gasteiger partial charge in [0.2, 0.25) is 0 Å². The summed E-state index contributed by atoms with van der Waals surface area (Å²) in [6.07, 6.45) is 2.78. The zero-order valence-corrected chi connectivity index (χ0v) is 11.8. The van der Waals surface area contributed by atoms with Crippen molar-refractivity contribution in [3.05, 3.63) is 24.0 Å². The quantitative estimate of drug-likeness (QED) is 0.510. The fourth-order valence-electron chi connectivity index (χ4n) is 1.71. The Morgan fingerprint density at radius 3 is 2.67 bits per heavy atom. The number of ether oxygens (including phenoxy) is 2. The van der Waals surface area contributed by atoms with E-state index in [0.29, 0.717) is 12.5 Å². The van der Waals surface area contributed by atoms with Crippen molar-refractivity contribution in [2.24, 2.45) is 0 Å². The Kier molecular flexibility index (Phi) is 7.73. The molecule has 1 aromatic heterocycles. The number of alkyl halides is 1. The molecule has 0 radical (unpaired) electrons. The Morgan fingerprint density at radius 1 is 1.22 bits per heavy atom. The summed E-state index contributed by atoms with van der Waals surface area (Å²) in [5.74, 6) is 0.435. The van der Waals surface area contributed by atoms with Crippen LogP contribution in [0.2, 0.25) is 0 Å². The van der Waals surface area contributed by atoms with Gasteiger partial charge in [0.1, 0.15) is 0 Å². The SMILES string of the molecule is COCCCN(CCOC)c1ccnc(CCl)c1. The van der Waals surface area contributed by atoms with Gasteiger partial charge in [-0.3, -0.25) is 4.98 Å². The molecule has 0 fully saturated rings. The number of methoxy groups -OCH3 is 2. The van der Waals surface area contributed by atoms with E-state index in [9.17, 15) is 0 Å². The standard InChI is InChI=1S/C13H21ClN2O2/c1-17-8-3-6-16(7-9-18-2)13-4-5-15-12(10-13)11-14/h4-5,10H,3,6-9,11H2,1-2H3. The third-order valence-electron chi connectivity index (χ3n) is 2.64. The fourth-order valence-corrected chi connectivity index (χ4v) is 1.85. The summed E-state index contributed by atoms with van der Waals surface area (Å²) >= 11 is 5.81. The number of halogens is 1. The summed E-state index contributed by atoms with van der Waals surface area (Å²) < 4.78 is 10.2. The molecule has 0 aromatic carbocycles. The van der Waals surface area contributed by atoms with Crippen molar-refractivity contribution in [2.45, 2.75) is 12.3 Å². The van der Waals surface area contributed by atoms with Crippen LogP contribution < -0.4 is 4.90 Å². The van der Waals surface area contributed by atoms with Crippen molar-refractivity contribution >= 4 is 17.3 Å². The predicted octanol–water partition coefficient (Wildman–Crippen LogP) is 2.31. The van der Waals surface area contributed by atoms with E-state index >= 15 is 0 Å². The summed E-state index contributed by atoms with van der Waals surface area (Å²) in [5, 5.41) is 0. The second-order valence-corrected chi connectivity index (χ2v) is 4.23. The van der Waals surface area contributed by atoms with Crippen LogP contribution in [0.25, 0.3) is 0 Å². The van der Waals surface area contributed by atoms with Gasteiger partial charge in [-0.25, -0.2) is 0 Å². The van der Waals surface area contributed by atoms with E-state index in [1.807, 2.05) is 12.1 Å². The molecule has 0 amide bonds. The minimum atomic E-state index is 0.435. The number of hydrogen-bond acceptors (Lipinski definition) is 4. The third-order valence-corrected chi connectivity index (χ3v) is 2.92. The minimum Gasteiger partial charge on any atom is -0.385 e. The molecule has 18 heavy (non-hydrogen) atoms. The van der Waals surface area contributed by atoms with Crippen LogP contribution in [0.5, 0.6) is 0 Å². The van der Waals surface area contributed by atoms with E-state index in [-0.39, 0.29) is 0 Å². The zero-order valence-electron chi connectivity index (χ0n) is 11.1. The molecule has 1 aromatic rings. The molecule has 0 bridgehead atoms. The molecule has 1 heterocycles. The highest BCUT2D eigenvalue weighted by Gasteiger charge is 2.07. The van der Waals surface area contributed by atoms with Gasteiger partial charge in [0.25, 0.3) is 0 Å². The Labute approximate surface area is 114 Å². The van der Waals surface area contributed by atoms with Crippen LogP contribution in [-0.2, 0) is 15.4 Å². The predicted molar refractivity (Wildman–Crippen MR) is 74.4 cm³/mol. The second kappa shape index (κ2) is 9.14. The first kappa shape index (κ1) is 15.2. The number of anilines is 1. The van der Waals surface area contributed by atoms with Crippen LogP contribution >= 0.6 is 11.6 Å². The smallest absolute Gasteiger partial charge is 0.0648 e. The van der Waals surface area contributed by atoms with Crippen LogP contribution in [0.1, 0.15) is 12.1 Å². The highest BCUT2D eigenvalue weighted by atomic mass is 35.5. The molecule has 0 aliphatic carbocycles. The van der Waals surface area contributed by atoms with E-state index in [1.54, 1.807) is 20.4 Å². The number of pyridine rings is 1. The largest absolute Gasteiger partial charge is 0.385 e. The molecular formula is C13H21ClN2O2. The van der Waals surface area contributed by atoms with Gasteiger partial charge in [-0.1, -0.05) is 0 Å². The van der Waals surface area contributed by atoms with E-state index < -0.39 is 0 Å². The maximum Gasteiger partial charge on any atom is 0.0648 e. The van der Waals surface area contributed by atoms with Crippen LogP contribution in [0.15, 0.2) is 18.3 Å². The highest BCUT2D eigenvalue weighted by molar-refractivity contribution is 6.16. The monoisotopic (exact) mass is 272 g/mol. The average molecular weight is 273 g/mol. The first-order chi connectivity index (χ1) is 8.81. The molecule has 5 heteroatoms. The number of nitrogens with zero attached hydrogens (tertiary/aromatic N) is 2. The molecule has 102 valence electrons. The normalized spacial score (nSPS) is 10.6. The maximum absolute atomic E-state index is 5.81. The molecule has 0 saturated carbocycles. The molecule has 1 rings (SSSR count).